The highest BCUT2D eigenvalue weighted by Crippen LogP contribution is 2.41. The molecule has 0 radical (unpaired) electrons. The van der Waals surface area contributed by atoms with Crippen molar-refractivity contribution in [2.75, 3.05) is 5.32 Å². The van der Waals surface area contributed by atoms with Crippen LogP contribution < -0.4 is 10.6 Å². The Bertz CT molecular complexity index is 1530. The molecule has 2 N–H and O–H groups in total. The molecule has 1 aliphatic carbocycles. The van der Waals surface area contributed by atoms with Crippen molar-refractivity contribution in [3.05, 3.63) is 102 Å². The summed E-state index contributed by atoms with van der Waals surface area (Å²) in [6.45, 7) is 0. The predicted octanol–water partition coefficient (Wildman–Crippen LogP) is 9.69. The van der Waals surface area contributed by atoms with Crippen molar-refractivity contribution in [1.82, 2.24) is 5.32 Å². The maximum atomic E-state index is 13.8. The van der Waals surface area contributed by atoms with Crippen molar-refractivity contribution in [2.45, 2.75) is 36.7 Å². The minimum absolute atomic E-state index is 0.0603. The standard InChI is InChI=1S/C28H18BrCl3F6N2O2/c29-20-11-14(2-8-19(28(36,37)38)15-12-21(30)23(32)22(31)13-15)1-7-18(20)24(41)40-26(9-10-26)25(42)39-17-5-3-16(4-6-17)27(33,34)35/h1-8,11-13,19H,9-10H2,(H,39,42)(H,40,41)/b8-2+. The van der Waals surface area contributed by atoms with E-state index in [0.717, 1.165) is 42.5 Å². The number of amides is 2. The van der Waals surface area contributed by atoms with E-state index >= 15 is 0 Å². The van der Waals surface area contributed by atoms with Crippen LogP contribution in [0.2, 0.25) is 15.1 Å². The molecule has 1 saturated carbocycles. The third-order valence-electron chi connectivity index (χ3n) is 6.44. The van der Waals surface area contributed by atoms with Gasteiger partial charge in [0.05, 0.1) is 32.1 Å². The number of halogens is 10. The Morgan fingerprint density at radius 2 is 1.50 bits per heavy atom. The zero-order valence-corrected chi connectivity index (χ0v) is 24.8. The number of nitrogens with one attached hydrogen (secondary N) is 2. The molecular weight excluding hydrogens is 697 g/mol. The van der Waals surface area contributed by atoms with Gasteiger partial charge in [-0.25, -0.2) is 0 Å². The van der Waals surface area contributed by atoms with Crippen molar-refractivity contribution in [3.8, 4) is 0 Å². The first-order chi connectivity index (χ1) is 19.5. The molecule has 0 bridgehead atoms. The molecule has 1 fully saturated rings. The van der Waals surface area contributed by atoms with Gasteiger partial charge in [-0.3, -0.25) is 9.59 Å². The first kappa shape index (κ1) is 32.2. The Morgan fingerprint density at radius 1 is 0.905 bits per heavy atom. The van der Waals surface area contributed by atoms with Crippen LogP contribution in [0.15, 0.2) is 65.1 Å². The lowest BCUT2D eigenvalue weighted by Crippen LogP contribution is -2.46. The highest BCUT2D eigenvalue weighted by Gasteiger charge is 2.51. The zero-order valence-electron chi connectivity index (χ0n) is 20.9. The SMILES string of the molecule is O=C(NC1(C(=O)Nc2ccc(C(F)(F)F)cc2)CC1)c1ccc(/C=C/C(c2cc(Cl)c(Cl)c(Cl)c2)C(F)(F)F)cc1Br. The monoisotopic (exact) mass is 712 g/mol. The molecule has 0 saturated heterocycles. The highest BCUT2D eigenvalue weighted by molar-refractivity contribution is 9.10. The normalized spacial score (nSPS) is 15.4. The average molecular weight is 715 g/mol. The van der Waals surface area contributed by atoms with Gasteiger partial charge in [0.2, 0.25) is 5.91 Å². The van der Waals surface area contributed by atoms with Crippen molar-refractivity contribution < 1.29 is 35.9 Å². The third-order valence-corrected chi connectivity index (χ3v) is 8.30. The van der Waals surface area contributed by atoms with E-state index in [4.69, 9.17) is 34.8 Å². The number of hydrogen-bond acceptors (Lipinski definition) is 2. The van der Waals surface area contributed by atoms with Crippen LogP contribution >= 0.6 is 50.7 Å². The number of allylic oxidation sites excluding steroid dienone is 1. The molecule has 1 atom stereocenters. The van der Waals surface area contributed by atoms with Crippen molar-refractivity contribution in [2.24, 2.45) is 0 Å². The largest absolute Gasteiger partial charge is 0.416 e. The van der Waals surface area contributed by atoms with Gasteiger partial charge >= 0.3 is 12.4 Å². The van der Waals surface area contributed by atoms with Gasteiger partial charge in [-0.1, -0.05) is 53.0 Å². The number of hydrogen-bond donors (Lipinski definition) is 2. The van der Waals surface area contributed by atoms with E-state index in [1.165, 1.54) is 24.3 Å². The maximum absolute atomic E-state index is 13.8. The minimum Gasteiger partial charge on any atom is -0.338 e. The van der Waals surface area contributed by atoms with E-state index < -0.39 is 41.2 Å². The predicted molar refractivity (Wildman–Crippen MR) is 153 cm³/mol. The molecule has 42 heavy (non-hydrogen) atoms. The summed E-state index contributed by atoms with van der Waals surface area (Å²) >= 11 is 20.9. The lowest BCUT2D eigenvalue weighted by molar-refractivity contribution is -0.139. The molecule has 4 nitrogen and oxygen atoms in total. The Kier molecular flexibility index (Phi) is 9.28. The summed E-state index contributed by atoms with van der Waals surface area (Å²) in [5.74, 6) is -3.27. The Balaban J connectivity index is 1.46. The topological polar surface area (TPSA) is 58.2 Å². The molecule has 0 spiro atoms. The molecule has 0 aliphatic heterocycles. The molecule has 3 aromatic rings. The Hall–Kier alpha value is -2.73. The van der Waals surface area contributed by atoms with Gasteiger partial charge in [0.1, 0.15) is 5.54 Å². The summed E-state index contributed by atoms with van der Waals surface area (Å²) < 4.78 is 80.1. The molecule has 2 amide bonds. The molecular formula is C28H18BrCl3F6N2O2. The molecule has 14 heteroatoms. The number of rotatable bonds is 7. The second-order valence-electron chi connectivity index (χ2n) is 9.48. The molecule has 0 heterocycles. The van der Waals surface area contributed by atoms with Gasteiger partial charge in [-0.2, -0.15) is 26.3 Å². The van der Waals surface area contributed by atoms with Crippen LogP contribution in [-0.4, -0.2) is 23.5 Å². The number of alkyl halides is 6. The summed E-state index contributed by atoms with van der Waals surface area (Å²) in [4.78, 5) is 25.8. The fraction of sp³-hybridized carbons (Fsp3) is 0.214. The smallest absolute Gasteiger partial charge is 0.338 e. The van der Waals surface area contributed by atoms with Gasteiger partial charge in [0, 0.05) is 10.2 Å². The van der Waals surface area contributed by atoms with Crippen molar-refractivity contribution >= 4 is 74.3 Å². The van der Waals surface area contributed by atoms with E-state index in [2.05, 4.69) is 26.6 Å². The lowest BCUT2D eigenvalue weighted by Gasteiger charge is -2.19. The summed E-state index contributed by atoms with van der Waals surface area (Å²) in [5, 5.41) is 4.84. The van der Waals surface area contributed by atoms with E-state index in [0.29, 0.717) is 18.4 Å². The van der Waals surface area contributed by atoms with E-state index in [1.807, 2.05) is 0 Å². The second kappa shape index (κ2) is 12.1. The van der Waals surface area contributed by atoms with Crippen LogP contribution in [0.4, 0.5) is 32.0 Å². The van der Waals surface area contributed by atoms with E-state index in [-0.39, 0.29) is 36.4 Å². The lowest BCUT2D eigenvalue weighted by atomic mass is 9.97. The van der Waals surface area contributed by atoms with Crippen molar-refractivity contribution in [3.63, 3.8) is 0 Å². The van der Waals surface area contributed by atoms with Crippen LogP contribution in [0.25, 0.3) is 6.08 Å². The third kappa shape index (κ3) is 7.42. The van der Waals surface area contributed by atoms with Crippen LogP contribution in [0, 0.1) is 0 Å². The van der Waals surface area contributed by atoms with Gasteiger partial charge in [-0.15, -0.1) is 0 Å². The average Bonchev–Trinajstić information content (AvgIpc) is 3.67. The second-order valence-corrected chi connectivity index (χ2v) is 11.5. The highest BCUT2D eigenvalue weighted by atomic mass is 79.9. The van der Waals surface area contributed by atoms with Gasteiger partial charge in [-0.05, 0) is 88.4 Å². The number of benzene rings is 3. The van der Waals surface area contributed by atoms with Crippen LogP contribution in [0.5, 0.6) is 0 Å². The summed E-state index contributed by atoms with van der Waals surface area (Å²) in [6, 6.07) is 10.3. The molecule has 4 rings (SSSR count). The molecule has 1 aliphatic rings. The van der Waals surface area contributed by atoms with Crippen LogP contribution in [0.1, 0.15) is 45.8 Å². The van der Waals surface area contributed by atoms with E-state index in [1.54, 1.807) is 0 Å². The fourth-order valence-electron chi connectivity index (χ4n) is 4.00. The first-order valence-corrected chi connectivity index (χ1v) is 13.9. The van der Waals surface area contributed by atoms with Gasteiger partial charge in [0.15, 0.2) is 0 Å². The van der Waals surface area contributed by atoms with Crippen LogP contribution in [0.3, 0.4) is 0 Å². The quantitative estimate of drug-likeness (QED) is 0.189. The van der Waals surface area contributed by atoms with Gasteiger partial charge in [0.25, 0.3) is 5.91 Å². The number of carbonyl (C=O) groups excluding carboxylic acids is 2. The number of anilines is 1. The van der Waals surface area contributed by atoms with Gasteiger partial charge < -0.3 is 10.6 Å². The van der Waals surface area contributed by atoms with E-state index in [9.17, 15) is 35.9 Å². The first-order valence-electron chi connectivity index (χ1n) is 12.0. The Labute approximate surface area is 259 Å². The maximum Gasteiger partial charge on any atom is 0.416 e. The molecule has 1 unspecified atom stereocenters. The fourth-order valence-corrected chi connectivity index (χ4v) is 5.19. The summed E-state index contributed by atoms with van der Waals surface area (Å²) in [5.41, 5.74) is -1.75. The van der Waals surface area contributed by atoms with Crippen molar-refractivity contribution in [1.29, 1.82) is 0 Å². The summed E-state index contributed by atoms with van der Waals surface area (Å²) in [6.07, 6.45) is -6.44. The molecule has 222 valence electrons. The summed E-state index contributed by atoms with van der Waals surface area (Å²) in [7, 11) is 0. The molecule has 3 aromatic carbocycles. The number of carbonyl (C=O) groups is 2. The Morgan fingerprint density at radius 3 is 2.00 bits per heavy atom. The minimum atomic E-state index is -4.67. The molecule has 0 aromatic heterocycles. The zero-order chi connectivity index (χ0) is 31.0. The van der Waals surface area contributed by atoms with Crippen LogP contribution in [-0.2, 0) is 11.0 Å².